The Morgan fingerprint density at radius 2 is 1.78 bits per heavy atom. The van der Waals surface area contributed by atoms with Crippen molar-refractivity contribution in [2.24, 2.45) is 0 Å². The molecule has 1 aromatic carbocycles. The van der Waals surface area contributed by atoms with Gasteiger partial charge in [-0.25, -0.2) is 8.42 Å². The average Bonchev–Trinajstić information content (AvgIpc) is 2.59. The second-order valence-corrected chi connectivity index (χ2v) is 7.68. The van der Waals surface area contributed by atoms with Gasteiger partial charge in [-0.2, -0.15) is 4.31 Å². The lowest BCUT2D eigenvalue weighted by molar-refractivity contribution is 0.375. The number of unbranched alkanes of at least 4 members (excludes halogenated alkanes) is 1. The van der Waals surface area contributed by atoms with Crippen molar-refractivity contribution in [3.8, 4) is 11.5 Å². The molecule has 7 heteroatoms. The summed E-state index contributed by atoms with van der Waals surface area (Å²) >= 11 is 0. The van der Waals surface area contributed by atoms with Gasteiger partial charge in [-0.05, 0) is 18.6 Å². The largest absolute Gasteiger partial charge is 0.497 e. The van der Waals surface area contributed by atoms with Gasteiger partial charge in [0.1, 0.15) is 11.5 Å². The average molecular weight is 342 g/mol. The Hall–Kier alpha value is -1.47. The number of piperazine rings is 1. The number of methoxy groups -OCH3 is 2. The highest BCUT2D eigenvalue weighted by atomic mass is 32.2. The first-order valence-electron chi connectivity index (χ1n) is 7.96. The van der Waals surface area contributed by atoms with Gasteiger partial charge >= 0.3 is 0 Å². The third-order valence-electron chi connectivity index (χ3n) is 4.12. The minimum Gasteiger partial charge on any atom is -0.497 e. The van der Waals surface area contributed by atoms with Crippen molar-refractivity contribution in [1.29, 1.82) is 0 Å². The quantitative estimate of drug-likeness (QED) is 0.758. The van der Waals surface area contributed by atoms with E-state index in [2.05, 4.69) is 4.90 Å². The predicted molar refractivity (Wildman–Crippen MR) is 92.0 cm³/mol. The number of anilines is 1. The summed E-state index contributed by atoms with van der Waals surface area (Å²) in [6.45, 7) is 4.36. The fourth-order valence-electron chi connectivity index (χ4n) is 2.71. The third-order valence-corrected chi connectivity index (χ3v) is 6.07. The zero-order valence-corrected chi connectivity index (χ0v) is 14.9. The maximum Gasteiger partial charge on any atom is 0.214 e. The summed E-state index contributed by atoms with van der Waals surface area (Å²) in [4.78, 5) is 2.16. The SMILES string of the molecule is CCCCS(=O)(=O)N1CCN(c2ccc(OC)cc2OC)CC1. The van der Waals surface area contributed by atoms with Crippen molar-refractivity contribution in [2.75, 3.05) is 51.1 Å². The van der Waals surface area contributed by atoms with Crippen molar-refractivity contribution >= 4 is 15.7 Å². The van der Waals surface area contributed by atoms with E-state index in [-0.39, 0.29) is 5.75 Å². The minimum atomic E-state index is -3.12. The highest BCUT2D eigenvalue weighted by molar-refractivity contribution is 7.89. The maximum atomic E-state index is 12.3. The van der Waals surface area contributed by atoms with E-state index in [1.807, 2.05) is 25.1 Å². The number of rotatable bonds is 7. The molecule has 1 heterocycles. The van der Waals surface area contributed by atoms with Crippen molar-refractivity contribution in [1.82, 2.24) is 4.31 Å². The predicted octanol–water partition coefficient (Wildman–Crippen LogP) is 1.96. The molecule has 0 radical (unpaired) electrons. The fourth-order valence-corrected chi connectivity index (χ4v) is 4.34. The van der Waals surface area contributed by atoms with Gasteiger partial charge in [0.05, 0.1) is 25.7 Å². The molecule has 0 unspecified atom stereocenters. The van der Waals surface area contributed by atoms with Gasteiger partial charge in [0, 0.05) is 32.2 Å². The molecular formula is C16H26N2O4S. The molecule has 0 amide bonds. The van der Waals surface area contributed by atoms with Crippen LogP contribution in [0.4, 0.5) is 5.69 Å². The molecular weight excluding hydrogens is 316 g/mol. The van der Waals surface area contributed by atoms with Crippen molar-refractivity contribution in [3.05, 3.63) is 18.2 Å². The molecule has 0 atom stereocenters. The number of hydrogen-bond donors (Lipinski definition) is 0. The molecule has 23 heavy (non-hydrogen) atoms. The first kappa shape index (κ1) is 17.9. The number of hydrogen-bond acceptors (Lipinski definition) is 5. The Labute approximate surface area is 139 Å². The van der Waals surface area contributed by atoms with E-state index in [9.17, 15) is 8.42 Å². The summed E-state index contributed by atoms with van der Waals surface area (Å²) in [5.74, 6) is 1.73. The van der Waals surface area contributed by atoms with Crippen LogP contribution in [0.3, 0.4) is 0 Å². The Morgan fingerprint density at radius 1 is 1.09 bits per heavy atom. The topological polar surface area (TPSA) is 59.1 Å². The Kier molecular flexibility index (Phi) is 6.12. The molecule has 0 aliphatic carbocycles. The number of ether oxygens (including phenoxy) is 2. The lowest BCUT2D eigenvalue weighted by Crippen LogP contribution is -2.49. The monoisotopic (exact) mass is 342 g/mol. The van der Waals surface area contributed by atoms with Crippen LogP contribution in [0.2, 0.25) is 0 Å². The van der Waals surface area contributed by atoms with Crippen molar-refractivity contribution in [2.45, 2.75) is 19.8 Å². The summed E-state index contributed by atoms with van der Waals surface area (Å²) in [6, 6.07) is 5.70. The molecule has 6 nitrogen and oxygen atoms in total. The van der Waals surface area contributed by atoms with Gasteiger partial charge in [0.2, 0.25) is 10.0 Å². The first-order valence-corrected chi connectivity index (χ1v) is 9.57. The third kappa shape index (κ3) is 4.29. The minimum absolute atomic E-state index is 0.245. The Morgan fingerprint density at radius 3 is 2.35 bits per heavy atom. The second-order valence-electron chi connectivity index (χ2n) is 5.59. The van der Waals surface area contributed by atoms with Crippen LogP contribution in [-0.4, -0.2) is 58.9 Å². The van der Waals surface area contributed by atoms with Gasteiger partial charge in [0.15, 0.2) is 0 Å². The molecule has 1 fully saturated rings. The molecule has 0 spiro atoms. The van der Waals surface area contributed by atoms with Crippen molar-refractivity contribution < 1.29 is 17.9 Å². The number of nitrogens with zero attached hydrogens (tertiary/aromatic N) is 2. The van der Waals surface area contributed by atoms with Gasteiger partial charge in [0.25, 0.3) is 0 Å². The van der Waals surface area contributed by atoms with Crippen LogP contribution < -0.4 is 14.4 Å². The molecule has 2 rings (SSSR count). The normalized spacial score (nSPS) is 16.4. The summed E-state index contributed by atoms with van der Waals surface area (Å²) in [5.41, 5.74) is 0.971. The molecule has 1 aliphatic rings. The molecule has 1 aromatic rings. The van der Waals surface area contributed by atoms with Gasteiger partial charge in [-0.3, -0.25) is 0 Å². The highest BCUT2D eigenvalue weighted by Crippen LogP contribution is 2.32. The zero-order chi connectivity index (χ0) is 16.9. The molecule has 1 aliphatic heterocycles. The lowest BCUT2D eigenvalue weighted by atomic mass is 10.2. The molecule has 1 saturated heterocycles. The standard InChI is InChI=1S/C16H26N2O4S/c1-4-5-12-23(19,20)18-10-8-17(9-11-18)15-7-6-14(21-2)13-16(15)22-3/h6-7,13H,4-5,8-12H2,1-3H3. The molecule has 0 N–H and O–H groups in total. The first-order chi connectivity index (χ1) is 11.0. The van der Waals surface area contributed by atoms with Crippen LogP contribution in [0.25, 0.3) is 0 Å². The van der Waals surface area contributed by atoms with E-state index in [0.29, 0.717) is 26.2 Å². The van der Waals surface area contributed by atoms with Gasteiger partial charge in [-0.1, -0.05) is 13.3 Å². The van der Waals surface area contributed by atoms with Crippen LogP contribution in [-0.2, 0) is 10.0 Å². The molecule has 130 valence electrons. The fraction of sp³-hybridized carbons (Fsp3) is 0.625. The van der Waals surface area contributed by atoms with E-state index in [1.54, 1.807) is 18.5 Å². The lowest BCUT2D eigenvalue weighted by Gasteiger charge is -2.36. The van der Waals surface area contributed by atoms with Crippen LogP contribution in [0.5, 0.6) is 11.5 Å². The van der Waals surface area contributed by atoms with Crippen LogP contribution in [0.1, 0.15) is 19.8 Å². The molecule has 0 saturated carbocycles. The van der Waals surface area contributed by atoms with E-state index < -0.39 is 10.0 Å². The molecule has 0 bridgehead atoms. The molecule has 0 aromatic heterocycles. The Bertz CT molecular complexity index is 611. The van der Waals surface area contributed by atoms with Crippen molar-refractivity contribution in [3.63, 3.8) is 0 Å². The summed E-state index contributed by atoms with van der Waals surface area (Å²) in [6.07, 6.45) is 1.61. The van der Waals surface area contributed by atoms with Crippen LogP contribution in [0.15, 0.2) is 18.2 Å². The van der Waals surface area contributed by atoms with E-state index in [0.717, 1.165) is 30.0 Å². The van der Waals surface area contributed by atoms with Gasteiger partial charge < -0.3 is 14.4 Å². The van der Waals surface area contributed by atoms with E-state index >= 15 is 0 Å². The second kappa shape index (κ2) is 7.88. The Balaban J connectivity index is 2.04. The van der Waals surface area contributed by atoms with Gasteiger partial charge in [-0.15, -0.1) is 0 Å². The summed E-state index contributed by atoms with van der Waals surface area (Å²) in [5, 5.41) is 0. The smallest absolute Gasteiger partial charge is 0.214 e. The number of benzene rings is 1. The summed E-state index contributed by atoms with van der Waals surface area (Å²) < 4.78 is 36.8. The van der Waals surface area contributed by atoms with E-state index in [1.165, 1.54) is 0 Å². The number of sulfonamides is 1. The summed E-state index contributed by atoms with van der Waals surface area (Å²) in [7, 11) is 0.126. The zero-order valence-electron chi connectivity index (χ0n) is 14.1. The van der Waals surface area contributed by atoms with Crippen LogP contribution >= 0.6 is 0 Å². The van der Waals surface area contributed by atoms with E-state index in [4.69, 9.17) is 9.47 Å². The highest BCUT2D eigenvalue weighted by Gasteiger charge is 2.27. The van der Waals surface area contributed by atoms with Crippen LogP contribution in [0, 0.1) is 0 Å². The maximum absolute atomic E-state index is 12.3.